The molecule has 0 aliphatic carbocycles. The smallest absolute Gasteiger partial charge is 0.229 e. The van der Waals surface area contributed by atoms with Gasteiger partial charge in [-0.3, -0.25) is 9.89 Å². The average molecular weight is 450 g/mol. The van der Waals surface area contributed by atoms with Crippen LogP contribution in [0.1, 0.15) is 43.2 Å². The largest absolute Gasteiger partial charge is 0.381 e. The fraction of sp³-hybridized carbons (Fsp3) is 0.481. The second-order valence-electron chi connectivity index (χ2n) is 9.78. The summed E-state index contributed by atoms with van der Waals surface area (Å²) < 4.78 is 19.0. The minimum absolute atomic E-state index is 0.239. The Morgan fingerprint density at radius 1 is 1.09 bits per heavy atom. The summed E-state index contributed by atoms with van der Waals surface area (Å²) in [7, 11) is 0. The number of fused-ring (bicyclic) bond motifs is 1. The monoisotopic (exact) mass is 449 g/mol. The van der Waals surface area contributed by atoms with Crippen LogP contribution in [0.25, 0.3) is 10.9 Å². The Hall–Kier alpha value is -2.73. The van der Waals surface area contributed by atoms with Crippen LogP contribution in [0.5, 0.6) is 0 Å². The van der Waals surface area contributed by atoms with E-state index in [1.165, 1.54) is 17.7 Å². The number of carbonyl (C=O) groups is 1. The lowest BCUT2D eigenvalue weighted by molar-refractivity contribution is -0.148. The number of nitrogens with zero attached hydrogens (tertiary/aromatic N) is 2. The minimum Gasteiger partial charge on any atom is -0.381 e. The Morgan fingerprint density at radius 3 is 2.70 bits per heavy atom. The van der Waals surface area contributed by atoms with Crippen molar-refractivity contribution < 1.29 is 13.9 Å². The number of halogens is 1. The van der Waals surface area contributed by atoms with E-state index in [1.807, 2.05) is 18.3 Å². The number of nitrogens with one attached hydrogen (secondary N) is 1. The second kappa shape index (κ2) is 9.64. The van der Waals surface area contributed by atoms with E-state index in [-0.39, 0.29) is 11.7 Å². The van der Waals surface area contributed by atoms with E-state index in [0.717, 1.165) is 68.1 Å². The molecule has 0 radical (unpaired) electrons. The van der Waals surface area contributed by atoms with Gasteiger partial charge in [-0.05, 0) is 86.3 Å². The fourth-order valence-corrected chi connectivity index (χ4v) is 5.58. The van der Waals surface area contributed by atoms with Gasteiger partial charge in [-0.15, -0.1) is 0 Å². The number of hydrogen-bond acceptors (Lipinski definition) is 3. The molecule has 2 aliphatic rings. The summed E-state index contributed by atoms with van der Waals surface area (Å²) in [4.78, 5) is 16.0. The third kappa shape index (κ3) is 4.96. The maximum Gasteiger partial charge on any atom is 0.229 e. The lowest BCUT2D eigenvalue weighted by Gasteiger charge is -2.40. The van der Waals surface area contributed by atoms with E-state index in [4.69, 9.17) is 4.74 Å². The van der Waals surface area contributed by atoms with Gasteiger partial charge < -0.3 is 9.64 Å². The van der Waals surface area contributed by atoms with Crippen LogP contribution in [0.4, 0.5) is 4.39 Å². The van der Waals surface area contributed by atoms with Gasteiger partial charge in [0.2, 0.25) is 5.91 Å². The number of amides is 1. The lowest BCUT2D eigenvalue weighted by atomic mass is 9.74. The zero-order valence-corrected chi connectivity index (χ0v) is 19.1. The maximum absolute atomic E-state index is 13.9. The van der Waals surface area contributed by atoms with Crippen LogP contribution in [0.3, 0.4) is 0 Å². The predicted molar refractivity (Wildman–Crippen MR) is 126 cm³/mol. The molecule has 174 valence electrons. The predicted octanol–water partition coefficient (Wildman–Crippen LogP) is 4.91. The molecule has 1 amide bonds. The molecular weight excluding hydrogens is 417 g/mol. The summed E-state index contributed by atoms with van der Waals surface area (Å²) in [6, 6.07) is 13.1. The molecule has 5 nitrogen and oxygen atoms in total. The summed E-state index contributed by atoms with van der Waals surface area (Å²) >= 11 is 0. The van der Waals surface area contributed by atoms with Crippen LogP contribution < -0.4 is 0 Å². The van der Waals surface area contributed by atoms with Gasteiger partial charge in [-0.1, -0.05) is 18.2 Å². The Balaban J connectivity index is 1.26. The molecule has 33 heavy (non-hydrogen) atoms. The fourth-order valence-electron chi connectivity index (χ4n) is 5.58. The SMILES string of the molecule is O=C(N1CCCC(Cc2ccc3[nH]ncc3c2)CC1)C1(Cc2ccc(F)cc2)CCOCC1. The molecule has 3 aromatic rings. The zero-order chi connectivity index (χ0) is 22.7. The molecular formula is C27H32FN3O2. The average Bonchev–Trinajstić information content (AvgIpc) is 3.18. The summed E-state index contributed by atoms with van der Waals surface area (Å²) in [5, 5.41) is 8.29. The highest BCUT2D eigenvalue weighted by Crippen LogP contribution is 2.37. The van der Waals surface area contributed by atoms with Crippen molar-refractivity contribution in [3.8, 4) is 0 Å². The number of ether oxygens (including phenoxy) is 1. The third-order valence-electron chi connectivity index (χ3n) is 7.52. The second-order valence-corrected chi connectivity index (χ2v) is 9.78. The molecule has 1 atom stereocenters. The van der Waals surface area contributed by atoms with Crippen LogP contribution in [0.2, 0.25) is 0 Å². The highest BCUT2D eigenvalue weighted by atomic mass is 19.1. The van der Waals surface area contributed by atoms with Crippen molar-refractivity contribution in [1.29, 1.82) is 0 Å². The van der Waals surface area contributed by atoms with E-state index in [1.54, 1.807) is 0 Å². The first-order chi connectivity index (χ1) is 16.1. The number of hydrogen-bond donors (Lipinski definition) is 1. The van der Waals surface area contributed by atoms with E-state index < -0.39 is 5.41 Å². The Labute approximate surface area is 194 Å². The molecule has 1 unspecified atom stereocenters. The Kier molecular flexibility index (Phi) is 6.45. The quantitative estimate of drug-likeness (QED) is 0.602. The molecule has 6 heteroatoms. The van der Waals surface area contributed by atoms with E-state index in [2.05, 4.69) is 33.3 Å². The van der Waals surface area contributed by atoms with Gasteiger partial charge in [-0.25, -0.2) is 4.39 Å². The van der Waals surface area contributed by atoms with Gasteiger partial charge in [0.15, 0.2) is 0 Å². The number of aromatic nitrogens is 2. The van der Waals surface area contributed by atoms with Gasteiger partial charge in [0.1, 0.15) is 5.82 Å². The topological polar surface area (TPSA) is 58.2 Å². The van der Waals surface area contributed by atoms with Crippen LogP contribution in [0, 0.1) is 17.2 Å². The van der Waals surface area contributed by atoms with Crippen molar-refractivity contribution in [2.45, 2.75) is 44.9 Å². The van der Waals surface area contributed by atoms with E-state index >= 15 is 0 Å². The normalized spacial score (nSPS) is 21.1. The van der Waals surface area contributed by atoms with E-state index in [9.17, 15) is 9.18 Å². The molecule has 2 aliphatic heterocycles. The molecule has 0 spiro atoms. The van der Waals surface area contributed by atoms with Gasteiger partial charge in [-0.2, -0.15) is 5.10 Å². The van der Waals surface area contributed by atoms with E-state index in [0.29, 0.717) is 25.6 Å². The van der Waals surface area contributed by atoms with Crippen molar-refractivity contribution in [3.63, 3.8) is 0 Å². The molecule has 2 aromatic carbocycles. The summed E-state index contributed by atoms with van der Waals surface area (Å²) in [5.74, 6) is 0.599. The Bertz CT molecular complexity index is 1090. The number of H-pyrrole nitrogens is 1. The summed E-state index contributed by atoms with van der Waals surface area (Å²) in [5.41, 5.74) is 2.99. The lowest BCUT2D eigenvalue weighted by Crippen LogP contribution is -2.48. The zero-order valence-electron chi connectivity index (χ0n) is 19.1. The maximum atomic E-state index is 13.9. The number of likely N-dealkylation sites (tertiary alicyclic amines) is 1. The highest BCUT2D eigenvalue weighted by molar-refractivity contribution is 5.83. The molecule has 5 rings (SSSR count). The van der Waals surface area contributed by atoms with Gasteiger partial charge in [0.05, 0.1) is 17.1 Å². The summed E-state index contributed by atoms with van der Waals surface area (Å²) in [6.45, 7) is 2.85. The molecule has 2 fully saturated rings. The number of rotatable bonds is 5. The first-order valence-electron chi connectivity index (χ1n) is 12.1. The van der Waals surface area contributed by atoms with Gasteiger partial charge in [0, 0.05) is 31.7 Å². The van der Waals surface area contributed by atoms with Crippen LogP contribution >= 0.6 is 0 Å². The molecule has 0 saturated carbocycles. The van der Waals surface area contributed by atoms with Crippen molar-refractivity contribution in [3.05, 3.63) is 65.6 Å². The van der Waals surface area contributed by atoms with Crippen LogP contribution in [-0.2, 0) is 22.4 Å². The van der Waals surface area contributed by atoms with Crippen molar-refractivity contribution in [1.82, 2.24) is 15.1 Å². The number of carbonyl (C=O) groups excluding carboxylic acids is 1. The first-order valence-corrected chi connectivity index (χ1v) is 12.1. The Morgan fingerprint density at radius 2 is 1.88 bits per heavy atom. The van der Waals surface area contributed by atoms with Crippen molar-refractivity contribution in [2.75, 3.05) is 26.3 Å². The highest BCUT2D eigenvalue weighted by Gasteiger charge is 2.42. The van der Waals surface area contributed by atoms with Crippen molar-refractivity contribution >= 4 is 16.8 Å². The summed E-state index contributed by atoms with van der Waals surface area (Å²) in [6.07, 6.45) is 8.23. The third-order valence-corrected chi connectivity index (χ3v) is 7.52. The van der Waals surface area contributed by atoms with Crippen molar-refractivity contribution in [2.24, 2.45) is 11.3 Å². The first kappa shape index (κ1) is 22.1. The molecule has 1 aromatic heterocycles. The molecule has 0 bridgehead atoms. The van der Waals surface area contributed by atoms with Gasteiger partial charge >= 0.3 is 0 Å². The molecule has 2 saturated heterocycles. The van der Waals surface area contributed by atoms with Crippen LogP contribution in [-0.4, -0.2) is 47.3 Å². The molecule has 3 heterocycles. The van der Waals surface area contributed by atoms with Crippen LogP contribution in [0.15, 0.2) is 48.7 Å². The molecule has 1 N–H and O–H groups in total. The number of benzene rings is 2. The standard InChI is InChI=1S/C27H32FN3O2/c28-24-6-3-21(4-7-24)18-27(10-14-33-15-11-27)26(32)31-12-1-2-20(9-13-31)16-22-5-8-25-23(17-22)19-29-30-25/h3-8,17,19-20H,1-2,9-16,18H2,(H,29,30). The number of aromatic amines is 1. The van der Waals surface area contributed by atoms with Gasteiger partial charge in [0.25, 0.3) is 0 Å². The minimum atomic E-state index is -0.442.